The molecule has 0 heterocycles. The van der Waals surface area contributed by atoms with Crippen LogP contribution in [-0.4, -0.2) is 86.5 Å². The Kier molecular flexibility index (Phi) is 17.6. The number of quaternary nitrogens is 1. The topological polar surface area (TPSA) is 102 Å². The molecular weight excluding hydrogens is 402 g/mol. The second-order valence-corrected chi connectivity index (χ2v) is 9.16. The summed E-state index contributed by atoms with van der Waals surface area (Å²) >= 11 is 0. The van der Waals surface area contributed by atoms with Crippen LogP contribution in [-0.2, 0) is 23.8 Å². The maximum Gasteiger partial charge on any atom is 0.361 e. The lowest BCUT2D eigenvalue weighted by Crippen LogP contribution is -2.40. The van der Waals surface area contributed by atoms with E-state index in [-0.39, 0.29) is 25.8 Å². The predicted molar refractivity (Wildman–Crippen MR) is 120 cm³/mol. The van der Waals surface area contributed by atoms with Crippen molar-refractivity contribution in [2.24, 2.45) is 0 Å². The van der Waals surface area contributed by atoms with Crippen molar-refractivity contribution in [2.75, 3.05) is 47.5 Å². The molecule has 0 aliphatic rings. The van der Waals surface area contributed by atoms with Gasteiger partial charge in [-0.1, -0.05) is 64.7 Å². The maximum atomic E-state index is 11.8. The minimum absolute atomic E-state index is 0.213. The van der Waals surface area contributed by atoms with E-state index in [4.69, 9.17) is 19.3 Å². The molecule has 8 heteroatoms. The number of nitrogens with zero attached hydrogens (tertiary/aromatic N) is 1. The number of esters is 1. The molecule has 31 heavy (non-hydrogen) atoms. The van der Waals surface area contributed by atoms with E-state index < -0.39 is 18.4 Å². The number of carbonyl (C=O) groups excluding carboxylic acids is 1. The van der Waals surface area contributed by atoms with Crippen molar-refractivity contribution in [3.05, 3.63) is 0 Å². The molecule has 0 aromatic heterocycles. The molecule has 2 N–H and O–H groups in total. The molecule has 8 nitrogen and oxygen atoms in total. The fourth-order valence-electron chi connectivity index (χ4n) is 2.89. The monoisotopic (exact) mass is 448 g/mol. The van der Waals surface area contributed by atoms with Crippen LogP contribution in [0, 0.1) is 0 Å². The Labute approximate surface area is 188 Å². The highest BCUT2D eigenvalue weighted by atomic mass is 16.7. The van der Waals surface area contributed by atoms with Crippen molar-refractivity contribution in [3.63, 3.8) is 0 Å². The molecule has 0 aliphatic heterocycles. The minimum Gasteiger partial charge on any atom is -0.477 e. The van der Waals surface area contributed by atoms with Crippen molar-refractivity contribution in [1.82, 2.24) is 0 Å². The first kappa shape index (κ1) is 29.8. The molecule has 0 saturated heterocycles. The van der Waals surface area contributed by atoms with Gasteiger partial charge in [0.05, 0.1) is 34.4 Å². The van der Waals surface area contributed by atoms with Crippen LogP contribution in [0.2, 0.25) is 0 Å². The molecule has 2 unspecified atom stereocenters. The Morgan fingerprint density at radius 3 is 1.90 bits per heavy atom. The fraction of sp³-hybridized carbons (Fsp3) is 0.913. The third-order valence-corrected chi connectivity index (χ3v) is 4.84. The molecule has 0 fully saturated rings. The normalized spacial score (nSPS) is 13.7. The first-order chi connectivity index (χ1) is 14.7. The Hall–Kier alpha value is -1.22. The fourth-order valence-corrected chi connectivity index (χ4v) is 2.89. The summed E-state index contributed by atoms with van der Waals surface area (Å²) in [6, 6.07) is 0. The number of aliphatic hydroxyl groups excluding tert-OH is 1. The quantitative estimate of drug-likeness (QED) is 0.120. The van der Waals surface area contributed by atoms with Crippen LogP contribution in [0.5, 0.6) is 0 Å². The van der Waals surface area contributed by atoms with Crippen LogP contribution >= 0.6 is 0 Å². The van der Waals surface area contributed by atoms with Gasteiger partial charge >= 0.3 is 11.9 Å². The summed E-state index contributed by atoms with van der Waals surface area (Å²) in [6.45, 7) is 2.55. The summed E-state index contributed by atoms with van der Waals surface area (Å²) in [5, 5.41) is 19.0. The lowest BCUT2D eigenvalue weighted by molar-refractivity contribution is -0.870. The van der Waals surface area contributed by atoms with Crippen molar-refractivity contribution >= 4 is 11.9 Å². The summed E-state index contributed by atoms with van der Waals surface area (Å²) in [7, 11) is 5.90. The number of rotatable bonds is 21. The Bertz CT molecular complexity index is 465. The minimum atomic E-state index is -1.46. The first-order valence-electron chi connectivity index (χ1n) is 11.8. The number of aliphatic hydroxyl groups is 1. The van der Waals surface area contributed by atoms with E-state index in [0.29, 0.717) is 17.4 Å². The average molecular weight is 449 g/mol. The summed E-state index contributed by atoms with van der Waals surface area (Å²) < 4.78 is 16.0. The number of ether oxygens (including phenoxy) is 3. The van der Waals surface area contributed by atoms with Gasteiger partial charge in [0.2, 0.25) is 0 Å². The number of unbranched alkanes of at least 4 members (excludes halogenated alkanes) is 9. The van der Waals surface area contributed by atoms with Crippen LogP contribution < -0.4 is 0 Å². The average Bonchev–Trinajstić information content (AvgIpc) is 2.69. The number of likely N-dealkylation sites (N-methyl/N-ethyl adjacent to an activating group) is 1. The number of hydrogen-bond acceptors (Lipinski definition) is 6. The molecule has 0 radical (unpaired) electrons. The number of carboxylic acids is 1. The summed E-state index contributed by atoms with van der Waals surface area (Å²) in [4.78, 5) is 23.0. The van der Waals surface area contributed by atoms with Gasteiger partial charge in [-0.25, -0.2) is 4.79 Å². The second-order valence-electron chi connectivity index (χ2n) is 9.16. The molecule has 0 amide bonds. The van der Waals surface area contributed by atoms with Crippen molar-refractivity contribution in [3.8, 4) is 0 Å². The zero-order valence-electron chi connectivity index (χ0n) is 20.1. The highest BCUT2D eigenvalue weighted by Crippen LogP contribution is 2.11. The maximum absolute atomic E-state index is 11.8. The van der Waals surface area contributed by atoms with E-state index in [0.717, 1.165) is 19.3 Å². The van der Waals surface area contributed by atoms with E-state index in [1.807, 2.05) is 21.1 Å². The molecule has 0 aromatic rings. The van der Waals surface area contributed by atoms with Crippen molar-refractivity contribution in [1.29, 1.82) is 0 Å². The molecular formula is C23H46NO7+. The van der Waals surface area contributed by atoms with Crippen LogP contribution in [0.4, 0.5) is 0 Å². The number of hydrogen-bond donors (Lipinski definition) is 2. The van der Waals surface area contributed by atoms with Gasteiger partial charge in [-0.2, -0.15) is 0 Å². The molecule has 0 saturated carbocycles. The van der Waals surface area contributed by atoms with Gasteiger partial charge in [-0.05, 0) is 6.42 Å². The van der Waals surface area contributed by atoms with E-state index in [1.165, 1.54) is 44.9 Å². The van der Waals surface area contributed by atoms with E-state index >= 15 is 0 Å². The summed E-state index contributed by atoms with van der Waals surface area (Å²) in [5.74, 6) is -1.61. The smallest absolute Gasteiger partial charge is 0.361 e. The van der Waals surface area contributed by atoms with Crippen LogP contribution in [0.25, 0.3) is 0 Å². The molecule has 2 atom stereocenters. The zero-order chi connectivity index (χ0) is 23.5. The lowest BCUT2D eigenvalue weighted by Gasteiger charge is -2.24. The van der Waals surface area contributed by atoms with Crippen LogP contribution in [0.1, 0.15) is 77.6 Å². The van der Waals surface area contributed by atoms with Gasteiger partial charge in [0, 0.05) is 6.42 Å². The SMILES string of the molecule is CCCCCCCCCCCCC(=O)OCC(O)COC(OCC[N+](C)(C)C)C(=O)O. The van der Waals surface area contributed by atoms with E-state index in [2.05, 4.69) is 6.92 Å². The van der Waals surface area contributed by atoms with Gasteiger partial charge in [0.1, 0.15) is 19.3 Å². The van der Waals surface area contributed by atoms with Gasteiger partial charge in [-0.15, -0.1) is 0 Å². The van der Waals surface area contributed by atoms with E-state index in [1.54, 1.807) is 0 Å². The number of carbonyl (C=O) groups is 2. The Morgan fingerprint density at radius 2 is 1.39 bits per heavy atom. The van der Waals surface area contributed by atoms with Gasteiger partial charge in [0.25, 0.3) is 6.29 Å². The van der Waals surface area contributed by atoms with E-state index in [9.17, 15) is 14.7 Å². The summed E-state index contributed by atoms with van der Waals surface area (Å²) in [6.07, 6.45) is 9.70. The third kappa shape index (κ3) is 20.4. The van der Waals surface area contributed by atoms with Gasteiger partial charge in [-0.3, -0.25) is 4.79 Å². The highest BCUT2D eigenvalue weighted by molar-refractivity contribution is 5.70. The zero-order valence-corrected chi connectivity index (χ0v) is 20.1. The molecule has 0 aromatic carbocycles. The predicted octanol–water partition coefficient (Wildman–Crippen LogP) is 3.35. The highest BCUT2D eigenvalue weighted by Gasteiger charge is 2.22. The standard InChI is InChI=1S/C23H45NO7/c1-5-6-7-8-9-10-11-12-13-14-15-21(26)30-18-20(25)19-31-23(22(27)28)29-17-16-24(2,3)4/h20,23,25H,5-19H2,1-4H3/p+1. The Morgan fingerprint density at radius 1 is 0.839 bits per heavy atom. The largest absolute Gasteiger partial charge is 0.477 e. The molecule has 0 rings (SSSR count). The van der Waals surface area contributed by atoms with Crippen molar-refractivity contribution < 1.29 is 38.5 Å². The van der Waals surface area contributed by atoms with Crippen molar-refractivity contribution in [2.45, 2.75) is 89.9 Å². The van der Waals surface area contributed by atoms with Gasteiger partial charge in [0.15, 0.2) is 0 Å². The first-order valence-corrected chi connectivity index (χ1v) is 11.8. The van der Waals surface area contributed by atoms with Crippen LogP contribution in [0.15, 0.2) is 0 Å². The molecule has 184 valence electrons. The molecule has 0 bridgehead atoms. The number of aliphatic carboxylic acids is 1. The van der Waals surface area contributed by atoms with Crippen LogP contribution in [0.3, 0.4) is 0 Å². The summed E-state index contributed by atoms with van der Waals surface area (Å²) in [5.41, 5.74) is 0. The third-order valence-electron chi connectivity index (χ3n) is 4.84. The van der Waals surface area contributed by atoms with Gasteiger partial charge < -0.3 is 28.9 Å². The number of carboxylic acid groups (broad SMARTS) is 1. The lowest BCUT2D eigenvalue weighted by atomic mass is 10.1. The Balaban J connectivity index is 3.75. The molecule has 0 spiro atoms. The molecule has 0 aliphatic carbocycles. The second kappa shape index (κ2) is 18.4.